The quantitative estimate of drug-likeness (QED) is 0.818. The van der Waals surface area contributed by atoms with E-state index in [9.17, 15) is 13.6 Å². The molecule has 2 atom stereocenters. The third kappa shape index (κ3) is 3.16. The molecule has 1 aromatic carbocycles. The van der Waals surface area contributed by atoms with Gasteiger partial charge in [0.05, 0.1) is 19.8 Å². The highest BCUT2D eigenvalue weighted by Gasteiger charge is 2.29. The molecule has 1 rings (SSSR count). The summed E-state index contributed by atoms with van der Waals surface area (Å²) >= 11 is 0. The highest BCUT2D eigenvalue weighted by Crippen LogP contribution is 2.28. The second-order valence-corrected chi connectivity index (χ2v) is 3.57. The van der Waals surface area contributed by atoms with Gasteiger partial charge >= 0.3 is 5.97 Å². The molecule has 1 aromatic rings. The smallest absolute Gasteiger partial charge is 0.342 e. The lowest BCUT2D eigenvalue weighted by molar-refractivity contribution is -0.149. The summed E-state index contributed by atoms with van der Waals surface area (Å²) in [6.45, 7) is 1.63. The molecule has 1 unspecified atom stereocenters. The lowest BCUT2D eigenvalue weighted by Crippen LogP contribution is -2.31. The first-order valence-corrected chi connectivity index (χ1v) is 5.41. The van der Waals surface area contributed by atoms with E-state index < -0.39 is 24.0 Å². The Labute approximate surface area is 104 Å². The van der Waals surface area contributed by atoms with Crippen LogP contribution in [0.3, 0.4) is 0 Å². The van der Waals surface area contributed by atoms with Crippen molar-refractivity contribution in [3.05, 3.63) is 29.6 Å². The molecular formula is C12H15F2NO3. The van der Waals surface area contributed by atoms with Gasteiger partial charge in [-0.2, -0.15) is 0 Å². The van der Waals surface area contributed by atoms with Crippen molar-refractivity contribution in [1.29, 1.82) is 0 Å². The van der Waals surface area contributed by atoms with Crippen LogP contribution in [0.5, 0.6) is 5.75 Å². The van der Waals surface area contributed by atoms with Crippen LogP contribution in [-0.2, 0) is 9.53 Å². The zero-order chi connectivity index (χ0) is 13.7. The first-order chi connectivity index (χ1) is 8.51. The predicted molar refractivity (Wildman–Crippen MR) is 61.4 cm³/mol. The molecule has 0 heterocycles. The van der Waals surface area contributed by atoms with E-state index in [1.807, 2.05) is 0 Å². The molecule has 0 fully saturated rings. The van der Waals surface area contributed by atoms with Crippen molar-refractivity contribution >= 4 is 5.97 Å². The Bertz CT molecular complexity index is 426. The van der Waals surface area contributed by atoms with E-state index in [0.717, 1.165) is 12.1 Å². The van der Waals surface area contributed by atoms with E-state index in [1.54, 1.807) is 6.92 Å². The number of methoxy groups -OCH3 is 1. The van der Waals surface area contributed by atoms with Gasteiger partial charge in [0.25, 0.3) is 0 Å². The van der Waals surface area contributed by atoms with Gasteiger partial charge in [0.2, 0.25) is 6.17 Å². The van der Waals surface area contributed by atoms with Crippen molar-refractivity contribution in [2.24, 2.45) is 5.73 Å². The molecule has 0 radical (unpaired) electrons. The van der Waals surface area contributed by atoms with E-state index in [0.29, 0.717) is 0 Å². The van der Waals surface area contributed by atoms with Gasteiger partial charge in [-0.15, -0.1) is 0 Å². The van der Waals surface area contributed by atoms with Crippen molar-refractivity contribution in [3.8, 4) is 5.75 Å². The minimum atomic E-state index is -2.02. The molecular weight excluding hydrogens is 244 g/mol. The first kappa shape index (κ1) is 14.4. The zero-order valence-corrected chi connectivity index (χ0v) is 10.2. The summed E-state index contributed by atoms with van der Waals surface area (Å²) in [6, 6.07) is 2.22. The Morgan fingerprint density at radius 2 is 2.17 bits per heavy atom. The standard InChI is InChI=1S/C12H15F2NO3/c1-3-18-12(16)10(14)11(15)8-5-4-7(13)6-9(8)17-2/h4-6,10-11H,3,15H2,1-2H3/t10?,11-/m0/s1. The Balaban J connectivity index is 2.95. The van der Waals surface area contributed by atoms with Gasteiger partial charge in [-0.05, 0) is 13.0 Å². The zero-order valence-electron chi connectivity index (χ0n) is 10.2. The number of halogens is 2. The number of esters is 1. The number of hydrogen-bond donors (Lipinski definition) is 1. The minimum Gasteiger partial charge on any atom is -0.496 e. The molecule has 0 aliphatic rings. The lowest BCUT2D eigenvalue weighted by atomic mass is 10.0. The molecule has 0 saturated heterocycles. The normalized spacial score (nSPS) is 13.8. The summed E-state index contributed by atoms with van der Waals surface area (Å²) in [4.78, 5) is 11.2. The number of alkyl halides is 1. The molecule has 0 spiro atoms. The van der Waals surface area contributed by atoms with Gasteiger partial charge in [0, 0.05) is 11.6 Å². The largest absolute Gasteiger partial charge is 0.496 e. The third-order valence-corrected chi connectivity index (χ3v) is 2.38. The summed E-state index contributed by atoms with van der Waals surface area (Å²) in [5.74, 6) is -1.49. The lowest BCUT2D eigenvalue weighted by Gasteiger charge is -2.18. The first-order valence-electron chi connectivity index (χ1n) is 5.41. The van der Waals surface area contributed by atoms with Crippen LogP contribution in [0.25, 0.3) is 0 Å². The number of benzene rings is 1. The van der Waals surface area contributed by atoms with Gasteiger partial charge in [-0.1, -0.05) is 6.07 Å². The van der Waals surface area contributed by atoms with E-state index in [1.165, 1.54) is 13.2 Å². The fourth-order valence-corrected chi connectivity index (χ4v) is 1.49. The van der Waals surface area contributed by atoms with Crippen LogP contribution in [0.1, 0.15) is 18.5 Å². The van der Waals surface area contributed by atoms with Crippen molar-refractivity contribution in [1.82, 2.24) is 0 Å². The molecule has 0 aliphatic heterocycles. The van der Waals surface area contributed by atoms with E-state index in [2.05, 4.69) is 4.74 Å². The Hall–Kier alpha value is -1.69. The van der Waals surface area contributed by atoms with Gasteiger partial charge in [0.1, 0.15) is 11.6 Å². The van der Waals surface area contributed by atoms with Crippen molar-refractivity contribution in [2.75, 3.05) is 13.7 Å². The van der Waals surface area contributed by atoms with Crippen LogP contribution in [-0.4, -0.2) is 25.9 Å². The number of carbonyl (C=O) groups is 1. The molecule has 0 aliphatic carbocycles. The maximum atomic E-state index is 13.7. The summed E-state index contributed by atoms with van der Waals surface area (Å²) < 4.78 is 36.1. The number of rotatable bonds is 5. The molecule has 0 bridgehead atoms. The fraction of sp³-hybridized carbons (Fsp3) is 0.417. The van der Waals surface area contributed by atoms with Crippen LogP contribution in [0, 0.1) is 5.82 Å². The van der Waals surface area contributed by atoms with Gasteiger partial charge < -0.3 is 15.2 Å². The van der Waals surface area contributed by atoms with Crippen molar-refractivity contribution in [3.63, 3.8) is 0 Å². The molecule has 0 aromatic heterocycles. The van der Waals surface area contributed by atoms with E-state index in [4.69, 9.17) is 10.5 Å². The molecule has 18 heavy (non-hydrogen) atoms. The molecule has 4 nitrogen and oxygen atoms in total. The monoisotopic (exact) mass is 259 g/mol. The SMILES string of the molecule is CCOC(=O)C(F)[C@@H](N)c1ccc(F)cc1OC. The van der Waals surface area contributed by atoms with Crippen molar-refractivity contribution < 1.29 is 23.0 Å². The van der Waals surface area contributed by atoms with Crippen LogP contribution in [0.2, 0.25) is 0 Å². The molecule has 0 amide bonds. The fourth-order valence-electron chi connectivity index (χ4n) is 1.49. The predicted octanol–water partition coefficient (Wildman–Crippen LogP) is 1.74. The van der Waals surface area contributed by atoms with Gasteiger partial charge in [0.15, 0.2) is 0 Å². The second kappa shape index (κ2) is 6.30. The number of carbonyl (C=O) groups excluding carboxylic acids is 1. The minimum absolute atomic E-state index is 0.0620. The number of nitrogens with two attached hydrogens (primary N) is 1. The Morgan fingerprint density at radius 3 is 2.72 bits per heavy atom. The van der Waals surface area contributed by atoms with E-state index >= 15 is 0 Å². The average Bonchev–Trinajstić information content (AvgIpc) is 2.37. The topological polar surface area (TPSA) is 61.5 Å². The van der Waals surface area contributed by atoms with E-state index in [-0.39, 0.29) is 17.9 Å². The summed E-state index contributed by atoms with van der Waals surface area (Å²) in [7, 11) is 1.31. The molecule has 6 heteroatoms. The highest BCUT2D eigenvalue weighted by atomic mass is 19.1. The molecule has 0 saturated carbocycles. The van der Waals surface area contributed by atoms with Crippen LogP contribution < -0.4 is 10.5 Å². The van der Waals surface area contributed by atoms with Crippen LogP contribution in [0.15, 0.2) is 18.2 Å². The average molecular weight is 259 g/mol. The maximum absolute atomic E-state index is 13.7. The highest BCUT2D eigenvalue weighted by molar-refractivity contribution is 5.76. The summed E-state index contributed by atoms with van der Waals surface area (Å²) in [5, 5.41) is 0. The van der Waals surface area contributed by atoms with Crippen LogP contribution in [0.4, 0.5) is 8.78 Å². The molecule has 100 valence electrons. The van der Waals surface area contributed by atoms with Crippen molar-refractivity contribution in [2.45, 2.75) is 19.1 Å². The van der Waals surface area contributed by atoms with Gasteiger partial charge in [-0.3, -0.25) is 0 Å². The number of ether oxygens (including phenoxy) is 2. The second-order valence-electron chi connectivity index (χ2n) is 3.57. The molecule has 2 N–H and O–H groups in total. The maximum Gasteiger partial charge on any atom is 0.342 e. The van der Waals surface area contributed by atoms with Gasteiger partial charge in [-0.25, -0.2) is 13.6 Å². The number of hydrogen-bond acceptors (Lipinski definition) is 4. The summed E-state index contributed by atoms with van der Waals surface area (Å²) in [6.07, 6.45) is -2.02. The summed E-state index contributed by atoms with van der Waals surface area (Å²) in [5.41, 5.74) is 5.83. The Morgan fingerprint density at radius 1 is 1.50 bits per heavy atom. The Kier molecular flexibility index (Phi) is 5.03. The van der Waals surface area contributed by atoms with Crippen LogP contribution >= 0.6 is 0 Å². The third-order valence-electron chi connectivity index (χ3n) is 2.38.